The van der Waals surface area contributed by atoms with Gasteiger partial charge < -0.3 is 10.0 Å². The number of unbranched alkanes of at least 4 members (excludes halogenated alkanes) is 2. The van der Waals surface area contributed by atoms with Crippen molar-refractivity contribution in [2.75, 3.05) is 24.6 Å². The van der Waals surface area contributed by atoms with Crippen molar-refractivity contribution in [1.82, 2.24) is 0 Å². The fraction of sp³-hybridized carbons (Fsp3) is 0.538. The molecule has 0 amide bonds. The maximum Gasteiger partial charge on any atom is 0.123 e. The lowest BCUT2D eigenvalue weighted by Gasteiger charge is -2.23. The molecule has 0 spiro atoms. The molecule has 2 nitrogen and oxygen atoms in total. The van der Waals surface area contributed by atoms with Crippen LogP contribution in [-0.4, -0.2) is 24.8 Å². The Morgan fingerprint density at radius 2 is 1.81 bits per heavy atom. The van der Waals surface area contributed by atoms with E-state index in [1.807, 2.05) is 12.1 Å². The zero-order valence-corrected chi connectivity index (χ0v) is 9.82. The van der Waals surface area contributed by atoms with Crippen LogP contribution in [0.3, 0.4) is 0 Å². The van der Waals surface area contributed by atoms with Crippen molar-refractivity contribution in [3.63, 3.8) is 0 Å². The molecule has 0 saturated carbocycles. The highest BCUT2D eigenvalue weighted by atomic mass is 19.1. The summed E-state index contributed by atoms with van der Waals surface area (Å²) in [6.07, 6.45) is 2.96. The maximum absolute atomic E-state index is 12.8. The van der Waals surface area contributed by atoms with Crippen LogP contribution in [0.1, 0.15) is 26.2 Å². The molecule has 0 bridgehead atoms. The molecule has 0 heterocycles. The third-order valence-electron chi connectivity index (χ3n) is 2.66. The molecule has 1 aromatic carbocycles. The summed E-state index contributed by atoms with van der Waals surface area (Å²) < 4.78 is 12.8. The molecule has 1 rings (SSSR count). The van der Waals surface area contributed by atoms with Gasteiger partial charge in [0.25, 0.3) is 0 Å². The highest BCUT2D eigenvalue weighted by Crippen LogP contribution is 2.15. The van der Waals surface area contributed by atoms with Crippen LogP contribution in [0.25, 0.3) is 0 Å². The van der Waals surface area contributed by atoms with E-state index in [4.69, 9.17) is 5.11 Å². The van der Waals surface area contributed by atoms with E-state index < -0.39 is 0 Å². The number of halogens is 1. The van der Waals surface area contributed by atoms with E-state index in [1.54, 1.807) is 0 Å². The first-order chi connectivity index (χ1) is 7.77. The van der Waals surface area contributed by atoms with Crippen molar-refractivity contribution < 1.29 is 9.50 Å². The SMILES string of the molecule is CCN(CCCCCO)c1ccc(F)cc1. The standard InChI is InChI=1S/C13H20FNO/c1-2-15(10-4-3-5-11-16)13-8-6-12(14)7-9-13/h6-9,16H,2-5,10-11H2,1H3. The molecule has 3 heteroatoms. The number of anilines is 1. The van der Waals surface area contributed by atoms with Gasteiger partial charge in [-0.2, -0.15) is 0 Å². The Labute approximate surface area is 96.7 Å². The molecule has 0 saturated heterocycles. The summed E-state index contributed by atoms with van der Waals surface area (Å²) in [4.78, 5) is 2.22. The second-order valence-corrected chi connectivity index (χ2v) is 3.84. The van der Waals surface area contributed by atoms with Crippen molar-refractivity contribution in [2.45, 2.75) is 26.2 Å². The Morgan fingerprint density at radius 1 is 1.12 bits per heavy atom. The monoisotopic (exact) mass is 225 g/mol. The molecule has 90 valence electrons. The summed E-state index contributed by atoms with van der Waals surface area (Å²) in [5.74, 6) is -0.194. The number of hydrogen-bond acceptors (Lipinski definition) is 2. The van der Waals surface area contributed by atoms with Crippen LogP contribution >= 0.6 is 0 Å². The van der Waals surface area contributed by atoms with Crippen molar-refractivity contribution in [3.05, 3.63) is 30.1 Å². The van der Waals surface area contributed by atoms with E-state index in [9.17, 15) is 4.39 Å². The fourth-order valence-electron chi connectivity index (χ4n) is 1.71. The van der Waals surface area contributed by atoms with Crippen LogP contribution < -0.4 is 4.90 Å². The van der Waals surface area contributed by atoms with E-state index in [2.05, 4.69) is 11.8 Å². The summed E-state index contributed by atoms with van der Waals surface area (Å²) >= 11 is 0. The highest BCUT2D eigenvalue weighted by molar-refractivity contribution is 5.45. The van der Waals surface area contributed by atoms with E-state index in [0.717, 1.165) is 38.0 Å². The van der Waals surface area contributed by atoms with Crippen LogP contribution in [0.15, 0.2) is 24.3 Å². The number of nitrogens with zero attached hydrogens (tertiary/aromatic N) is 1. The lowest BCUT2D eigenvalue weighted by Crippen LogP contribution is -2.23. The second kappa shape index (κ2) is 7.23. The molecular formula is C13H20FNO. The smallest absolute Gasteiger partial charge is 0.123 e. The number of aliphatic hydroxyl groups is 1. The lowest BCUT2D eigenvalue weighted by atomic mass is 10.2. The second-order valence-electron chi connectivity index (χ2n) is 3.84. The Kier molecular flexibility index (Phi) is 5.86. The first-order valence-electron chi connectivity index (χ1n) is 5.89. The van der Waals surface area contributed by atoms with Crippen LogP contribution in [-0.2, 0) is 0 Å². The quantitative estimate of drug-likeness (QED) is 0.721. The van der Waals surface area contributed by atoms with Gasteiger partial charge in [0.2, 0.25) is 0 Å². The van der Waals surface area contributed by atoms with Crippen LogP contribution in [0.2, 0.25) is 0 Å². The van der Waals surface area contributed by atoms with Crippen molar-refractivity contribution >= 4 is 5.69 Å². The molecule has 1 N–H and O–H groups in total. The number of hydrogen-bond donors (Lipinski definition) is 1. The van der Waals surface area contributed by atoms with E-state index in [1.165, 1.54) is 12.1 Å². The van der Waals surface area contributed by atoms with Gasteiger partial charge in [-0.05, 0) is 50.5 Å². The van der Waals surface area contributed by atoms with Gasteiger partial charge in [0, 0.05) is 25.4 Å². The summed E-state index contributed by atoms with van der Waals surface area (Å²) in [6, 6.07) is 6.60. The first-order valence-corrected chi connectivity index (χ1v) is 5.89. The average Bonchev–Trinajstić information content (AvgIpc) is 2.31. The van der Waals surface area contributed by atoms with Crippen LogP contribution in [0.5, 0.6) is 0 Å². The predicted octanol–water partition coefficient (Wildman–Crippen LogP) is 2.81. The summed E-state index contributed by atoms with van der Waals surface area (Å²) in [5.41, 5.74) is 1.06. The third-order valence-corrected chi connectivity index (χ3v) is 2.66. The van der Waals surface area contributed by atoms with Crippen molar-refractivity contribution in [3.8, 4) is 0 Å². The minimum atomic E-state index is -0.194. The van der Waals surface area contributed by atoms with Crippen LogP contribution in [0, 0.1) is 5.82 Å². The minimum Gasteiger partial charge on any atom is -0.396 e. The van der Waals surface area contributed by atoms with Gasteiger partial charge in [-0.25, -0.2) is 4.39 Å². The molecule has 0 aliphatic rings. The highest BCUT2D eigenvalue weighted by Gasteiger charge is 2.03. The maximum atomic E-state index is 12.8. The average molecular weight is 225 g/mol. The van der Waals surface area contributed by atoms with E-state index in [0.29, 0.717) is 0 Å². The molecule has 1 aromatic rings. The molecule has 0 unspecified atom stereocenters. The van der Waals surface area contributed by atoms with Gasteiger partial charge in [-0.1, -0.05) is 0 Å². The number of rotatable bonds is 7. The largest absolute Gasteiger partial charge is 0.396 e. The Hall–Kier alpha value is -1.09. The molecule has 0 radical (unpaired) electrons. The number of aliphatic hydroxyl groups excluding tert-OH is 1. The normalized spacial score (nSPS) is 10.4. The Morgan fingerprint density at radius 3 is 2.38 bits per heavy atom. The topological polar surface area (TPSA) is 23.5 Å². The van der Waals surface area contributed by atoms with Gasteiger partial charge in [-0.3, -0.25) is 0 Å². The van der Waals surface area contributed by atoms with E-state index in [-0.39, 0.29) is 12.4 Å². The summed E-state index contributed by atoms with van der Waals surface area (Å²) in [6.45, 7) is 4.24. The van der Waals surface area contributed by atoms with Gasteiger partial charge in [-0.15, -0.1) is 0 Å². The molecular weight excluding hydrogens is 205 g/mol. The first kappa shape index (κ1) is 13.0. The molecule has 0 fully saturated rings. The molecule has 0 aliphatic carbocycles. The molecule has 0 aliphatic heterocycles. The molecule has 0 atom stereocenters. The van der Waals surface area contributed by atoms with Crippen molar-refractivity contribution in [2.24, 2.45) is 0 Å². The summed E-state index contributed by atoms with van der Waals surface area (Å²) in [5, 5.41) is 8.68. The Bertz CT molecular complexity index is 286. The predicted molar refractivity (Wildman–Crippen MR) is 65.2 cm³/mol. The minimum absolute atomic E-state index is 0.194. The zero-order valence-electron chi connectivity index (χ0n) is 9.82. The van der Waals surface area contributed by atoms with Crippen LogP contribution in [0.4, 0.5) is 10.1 Å². The van der Waals surface area contributed by atoms with Gasteiger partial charge in [0.15, 0.2) is 0 Å². The third kappa shape index (κ3) is 4.19. The number of benzene rings is 1. The van der Waals surface area contributed by atoms with Gasteiger partial charge in [0.1, 0.15) is 5.82 Å². The van der Waals surface area contributed by atoms with Gasteiger partial charge in [0.05, 0.1) is 0 Å². The zero-order chi connectivity index (χ0) is 11.8. The fourth-order valence-corrected chi connectivity index (χ4v) is 1.71. The lowest BCUT2D eigenvalue weighted by molar-refractivity contribution is 0.283. The molecule has 16 heavy (non-hydrogen) atoms. The molecule has 0 aromatic heterocycles. The Balaban J connectivity index is 2.44. The summed E-state index contributed by atoms with van der Waals surface area (Å²) in [7, 11) is 0. The van der Waals surface area contributed by atoms with Crippen molar-refractivity contribution in [1.29, 1.82) is 0 Å². The van der Waals surface area contributed by atoms with Gasteiger partial charge >= 0.3 is 0 Å². The van der Waals surface area contributed by atoms with E-state index >= 15 is 0 Å².